The number of amides is 1. The molecule has 4 atom stereocenters. The standard InChI is InChI=1S/C24H24FN5O2/c1-2-6-18-20-22(29-28-18)32-21(27)17(12-26)24(20)16-9-3-4-10-19(16)30(23(24)31)13-14-7-5-8-15(25)11-14/h3-5,7-11,18,20,22,28-29H,2,6,13,27H2,1H3. The van der Waals surface area contributed by atoms with E-state index < -0.39 is 11.6 Å². The van der Waals surface area contributed by atoms with Crippen LogP contribution in [-0.2, 0) is 21.5 Å². The Morgan fingerprint density at radius 3 is 2.81 bits per heavy atom. The van der Waals surface area contributed by atoms with Gasteiger partial charge >= 0.3 is 0 Å². The molecule has 1 amide bonds. The summed E-state index contributed by atoms with van der Waals surface area (Å²) in [5, 5.41) is 10.1. The first-order valence-electron chi connectivity index (χ1n) is 10.8. The van der Waals surface area contributed by atoms with Crippen LogP contribution >= 0.6 is 0 Å². The topological polar surface area (TPSA) is 103 Å². The third-order valence-electron chi connectivity index (χ3n) is 6.71. The number of carbonyl (C=O) groups is 1. The van der Waals surface area contributed by atoms with Gasteiger partial charge in [0.05, 0.1) is 12.5 Å². The van der Waals surface area contributed by atoms with Crippen LogP contribution in [0.3, 0.4) is 0 Å². The van der Waals surface area contributed by atoms with Gasteiger partial charge in [-0.25, -0.2) is 9.82 Å². The molecule has 164 valence electrons. The number of para-hydroxylation sites is 1. The van der Waals surface area contributed by atoms with E-state index in [1.165, 1.54) is 12.1 Å². The number of nitriles is 1. The molecule has 3 heterocycles. The molecule has 0 bridgehead atoms. The number of rotatable bonds is 4. The number of hydrogen-bond acceptors (Lipinski definition) is 6. The normalized spacial score (nSPS) is 28.5. The van der Waals surface area contributed by atoms with Crippen LogP contribution in [0.1, 0.15) is 30.9 Å². The fourth-order valence-corrected chi connectivity index (χ4v) is 5.49. The van der Waals surface area contributed by atoms with Gasteiger partial charge in [0, 0.05) is 11.7 Å². The molecule has 0 radical (unpaired) electrons. The summed E-state index contributed by atoms with van der Waals surface area (Å²) < 4.78 is 19.7. The number of nitrogens with one attached hydrogen (secondary N) is 2. The van der Waals surface area contributed by atoms with Crippen LogP contribution in [0.5, 0.6) is 0 Å². The summed E-state index contributed by atoms with van der Waals surface area (Å²) in [7, 11) is 0. The molecule has 32 heavy (non-hydrogen) atoms. The number of hydrogen-bond donors (Lipinski definition) is 3. The Bertz CT molecular complexity index is 1160. The van der Waals surface area contributed by atoms with E-state index in [2.05, 4.69) is 23.8 Å². The van der Waals surface area contributed by atoms with E-state index in [1.807, 2.05) is 24.3 Å². The highest BCUT2D eigenvalue weighted by Gasteiger charge is 2.66. The molecule has 1 spiro atoms. The van der Waals surface area contributed by atoms with Gasteiger partial charge in [-0.05, 0) is 35.7 Å². The molecule has 3 aliphatic rings. The first-order chi connectivity index (χ1) is 15.5. The number of hydrazine groups is 1. The Morgan fingerprint density at radius 2 is 2.06 bits per heavy atom. The highest BCUT2D eigenvalue weighted by atomic mass is 19.1. The van der Waals surface area contributed by atoms with Gasteiger partial charge in [0.25, 0.3) is 0 Å². The fraction of sp³-hybridized carbons (Fsp3) is 0.333. The van der Waals surface area contributed by atoms with Crippen molar-refractivity contribution in [3.8, 4) is 6.07 Å². The highest BCUT2D eigenvalue weighted by molar-refractivity contribution is 6.11. The van der Waals surface area contributed by atoms with Crippen LogP contribution in [0, 0.1) is 23.1 Å². The third-order valence-corrected chi connectivity index (χ3v) is 6.71. The predicted octanol–water partition coefficient (Wildman–Crippen LogP) is 2.55. The van der Waals surface area contributed by atoms with Gasteiger partial charge in [-0.15, -0.1) is 0 Å². The number of ether oxygens (including phenoxy) is 1. The number of halogens is 1. The summed E-state index contributed by atoms with van der Waals surface area (Å²) in [5.41, 5.74) is 13.5. The second kappa shape index (κ2) is 7.62. The maximum absolute atomic E-state index is 14.3. The van der Waals surface area contributed by atoms with E-state index in [-0.39, 0.29) is 41.7 Å². The van der Waals surface area contributed by atoms with E-state index in [1.54, 1.807) is 17.0 Å². The van der Waals surface area contributed by atoms with Crippen LogP contribution in [0.15, 0.2) is 60.0 Å². The smallest absolute Gasteiger partial charge is 0.244 e. The molecule has 2 aromatic carbocycles. The first-order valence-corrected chi connectivity index (χ1v) is 10.8. The van der Waals surface area contributed by atoms with E-state index in [0.29, 0.717) is 11.3 Å². The van der Waals surface area contributed by atoms with Crippen molar-refractivity contribution in [2.75, 3.05) is 4.90 Å². The van der Waals surface area contributed by atoms with Crippen LogP contribution < -0.4 is 21.5 Å². The Hall–Kier alpha value is -3.41. The number of nitrogens with zero attached hydrogens (tertiary/aromatic N) is 2. The molecular formula is C24H24FN5O2. The second-order valence-electron chi connectivity index (χ2n) is 8.45. The van der Waals surface area contributed by atoms with Crippen molar-refractivity contribution in [3.63, 3.8) is 0 Å². The molecule has 2 aromatic rings. The zero-order valence-corrected chi connectivity index (χ0v) is 17.6. The minimum atomic E-state index is -1.29. The Kier molecular flexibility index (Phi) is 4.88. The number of carbonyl (C=O) groups excluding carboxylic acids is 1. The molecule has 3 aliphatic heterocycles. The SMILES string of the molecule is CCCC1NNC2OC(N)=C(C#N)C3(C(=O)N(Cc4cccc(F)c4)c4ccccc43)C12. The maximum atomic E-state index is 14.3. The average molecular weight is 433 g/mol. The molecule has 4 N–H and O–H groups in total. The Labute approximate surface area is 185 Å². The van der Waals surface area contributed by atoms with Crippen LogP contribution in [-0.4, -0.2) is 18.2 Å². The van der Waals surface area contributed by atoms with Crippen molar-refractivity contribution >= 4 is 11.6 Å². The van der Waals surface area contributed by atoms with Gasteiger partial charge in [-0.3, -0.25) is 10.2 Å². The number of nitrogens with two attached hydrogens (primary N) is 1. The largest absolute Gasteiger partial charge is 0.458 e. The van der Waals surface area contributed by atoms with Crippen molar-refractivity contribution in [1.29, 1.82) is 5.26 Å². The van der Waals surface area contributed by atoms with E-state index in [9.17, 15) is 14.4 Å². The molecule has 5 rings (SSSR count). The van der Waals surface area contributed by atoms with Gasteiger partial charge in [0.1, 0.15) is 22.9 Å². The predicted molar refractivity (Wildman–Crippen MR) is 116 cm³/mol. The van der Waals surface area contributed by atoms with Gasteiger partial charge in [0.2, 0.25) is 11.8 Å². The summed E-state index contributed by atoms with van der Waals surface area (Å²) >= 11 is 0. The summed E-state index contributed by atoms with van der Waals surface area (Å²) in [6.45, 7) is 2.26. The van der Waals surface area contributed by atoms with Crippen LogP contribution in [0.2, 0.25) is 0 Å². The lowest BCUT2D eigenvalue weighted by Crippen LogP contribution is -2.57. The summed E-state index contributed by atoms with van der Waals surface area (Å²) in [6.07, 6.45) is 1.12. The fourth-order valence-electron chi connectivity index (χ4n) is 5.49. The number of anilines is 1. The van der Waals surface area contributed by atoms with Crippen molar-refractivity contribution in [3.05, 3.63) is 76.9 Å². The highest BCUT2D eigenvalue weighted by Crippen LogP contribution is 2.56. The molecule has 1 fully saturated rings. The van der Waals surface area contributed by atoms with Gasteiger partial charge < -0.3 is 15.4 Å². The van der Waals surface area contributed by atoms with Crippen molar-refractivity contribution in [1.82, 2.24) is 10.9 Å². The average Bonchev–Trinajstić information content (AvgIpc) is 3.28. The molecule has 0 aliphatic carbocycles. The Morgan fingerprint density at radius 1 is 1.25 bits per heavy atom. The summed E-state index contributed by atoms with van der Waals surface area (Å²) in [6, 6.07) is 15.7. The first kappa shape index (κ1) is 20.5. The minimum absolute atomic E-state index is 0.0454. The molecule has 8 heteroatoms. The monoisotopic (exact) mass is 433 g/mol. The van der Waals surface area contributed by atoms with Gasteiger partial charge in [0.15, 0.2) is 6.23 Å². The maximum Gasteiger partial charge on any atom is 0.244 e. The minimum Gasteiger partial charge on any atom is -0.458 e. The van der Waals surface area contributed by atoms with Crippen molar-refractivity contribution < 1.29 is 13.9 Å². The van der Waals surface area contributed by atoms with Gasteiger partial charge in [-0.2, -0.15) is 5.26 Å². The number of benzene rings is 2. The second-order valence-corrected chi connectivity index (χ2v) is 8.45. The molecule has 1 saturated heterocycles. The molecule has 0 aromatic heterocycles. The van der Waals surface area contributed by atoms with Gasteiger partial charge in [-0.1, -0.05) is 43.7 Å². The molecule has 0 saturated carbocycles. The van der Waals surface area contributed by atoms with E-state index in [4.69, 9.17) is 10.5 Å². The van der Waals surface area contributed by atoms with Crippen molar-refractivity contribution in [2.45, 2.75) is 44.0 Å². The summed E-state index contributed by atoms with van der Waals surface area (Å²) in [4.78, 5) is 16.0. The molecular weight excluding hydrogens is 409 g/mol. The lowest BCUT2D eigenvalue weighted by atomic mass is 9.62. The Balaban J connectivity index is 1.71. The molecule has 7 nitrogen and oxygen atoms in total. The summed E-state index contributed by atoms with van der Waals surface area (Å²) in [5.74, 6) is -1.03. The van der Waals surface area contributed by atoms with E-state index >= 15 is 0 Å². The number of fused-ring (bicyclic) bond motifs is 4. The quantitative estimate of drug-likeness (QED) is 0.685. The van der Waals surface area contributed by atoms with Crippen molar-refractivity contribution in [2.24, 2.45) is 11.7 Å². The van der Waals surface area contributed by atoms with Crippen LogP contribution in [0.25, 0.3) is 0 Å². The van der Waals surface area contributed by atoms with E-state index in [0.717, 1.165) is 18.4 Å². The van der Waals surface area contributed by atoms with Crippen LogP contribution in [0.4, 0.5) is 10.1 Å². The molecule has 4 unspecified atom stereocenters. The zero-order chi connectivity index (χ0) is 22.5. The lowest BCUT2D eigenvalue weighted by Gasteiger charge is -2.42. The lowest BCUT2D eigenvalue weighted by molar-refractivity contribution is -0.127. The third kappa shape index (κ3) is 2.75. The zero-order valence-electron chi connectivity index (χ0n) is 17.6.